The Kier molecular flexibility index (Phi) is 5.80. The first-order valence-electron chi connectivity index (χ1n) is 8.58. The zero-order valence-corrected chi connectivity index (χ0v) is 16.4. The Balaban J connectivity index is 2.00. The molecule has 0 fully saturated rings. The minimum atomic E-state index is -3.64. The number of hydrogen-bond donors (Lipinski definition) is 0. The molecule has 0 N–H and O–H groups in total. The highest BCUT2D eigenvalue weighted by Crippen LogP contribution is 2.26. The molecule has 28 heavy (non-hydrogen) atoms. The summed E-state index contributed by atoms with van der Waals surface area (Å²) in [5.41, 5.74) is 1.21. The van der Waals surface area contributed by atoms with E-state index in [1.807, 2.05) is 6.07 Å². The van der Waals surface area contributed by atoms with Crippen molar-refractivity contribution in [2.75, 3.05) is 14.2 Å². The highest BCUT2D eigenvalue weighted by atomic mass is 32.2. The SMILES string of the molecule is COc1ccc(S(=O)(=O)Cc2ccc(OC)cc2C(=O)c2ccccc2)cc1. The molecule has 0 amide bonds. The van der Waals surface area contributed by atoms with Crippen molar-refractivity contribution in [2.24, 2.45) is 0 Å². The van der Waals surface area contributed by atoms with Crippen molar-refractivity contribution < 1.29 is 22.7 Å². The number of ketones is 1. The van der Waals surface area contributed by atoms with Gasteiger partial charge in [-0.15, -0.1) is 0 Å². The van der Waals surface area contributed by atoms with E-state index in [1.165, 1.54) is 26.4 Å². The zero-order valence-electron chi connectivity index (χ0n) is 15.6. The summed E-state index contributed by atoms with van der Waals surface area (Å²) in [5.74, 6) is 0.518. The molecular formula is C22H20O5S. The first-order valence-corrected chi connectivity index (χ1v) is 10.2. The van der Waals surface area contributed by atoms with Crippen LogP contribution in [0.3, 0.4) is 0 Å². The Labute approximate surface area is 164 Å². The molecule has 3 rings (SSSR count). The van der Waals surface area contributed by atoms with Crippen LogP contribution in [0.25, 0.3) is 0 Å². The van der Waals surface area contributed by atoms with Gasteiger partial charge in [-0.2, -0.15) is 0 Å². The molecule has 144 valence electrons. The van der Waals surface area contributed by atoms with Gasteiger partial charge in [-0.25, -0.2) is 8.42 Å². The monoisotopic (exact) mass is 396 g/mol. The molecule has 0 atom stereocenters. The molecule has 0 aliphatic heterocycles. The Bertz CT molecular complexity index is 1070. The number of ether oxygens (including phenoxy) is 2. The molecule has 6 heteroatoms. The van der Waals surface area contributed by atoms with Crippen LogP contribution in [0.15, 0.2) is 77.7 Å². The summed E-state index contributed by atoms with van der Waals surface area (Å²) in [7, 11) is -0.629. The predicted molar refractivity (Wildman–Crippen MR) is 107 cm³/mol. The minimum absolute atomic E-state index is 0.169. The molecule has 0 saturated heterocycles. The van der Waals surface area contributed by atoms with E-state index in [0.29, 0.717) is 28.2 Å². The van der Waals surface area contributed by atoms with E-state index in [1.54, 1.807) is 54.6 Å². The maximum absolute atomic E-state index is 13.0. The van der Waals surface area contributed by atoms with Crippen LogP contribution in [-0.2, 0) is 15.6 Å². The summed E-state index contributed by atoms with van der Waals surface area (Å²) in [6, 6.07) is 19.8. The van der Waals surface area contributed by atoms with E-state index in [4.69, 9.17) is 9.47 Å². The fraction of sp³-hybridized carbons (Fsp3) is 0.136. The van der Waals surface area contributed by atoms with E-state index in [9.17, 15) is 13.2 Å². The zero-order chi connectivity index (χ0) is 20.1. The second kappa shape index (κ2) is 8.27. The van der Waals surface area contributed by atoms with E-state index in [0.717, 1.165) is 0 Å². The first-order chi connectivity index (χ1) is 13.4. The summed E-state index contributed by atoms with van der Waals surface area (Å²) < 4.78 is 36.1. The van der Waals surface area contributed by atoms with Crippen molar-refractivity contribution in [1.82, 2.24) is 0 Å². The average Bonchev–Trinajstić information content (AvgIpc) is 2.74. The third-order valence-electron chi connectivity index (χ3n) is 4.36. The molecule has 0 bridgehead atoms. The van der Waals surface area contributed by atoms with E-state index < -0.39 is 9.84 Å². The lowest BCUT2D eigenvalue weighted by molar-refractivity contribution is 0.103. The quantitative estimate of drug-likeness (QED) is 0.567. The van der Waals surface area contributed by atoms with Gasteiger partial charge >= 0.3 is 0 Å². The number of methoxy groups -OCH3 is 2. The Morgan fingerprint density at radius 2 is 1.43 bits per heavy atom. The van der Waals surface area contributed by atoms with Crippen LogP contribution in [0, 0.1) is 0 Å². The lowest BCUT2D eigenvalue weighted by Gasteiger charge is -2.12. The molecule has 0 saturated carbocycles. The summed E-state index contributed by atoms with van der Waals surface area (Å²) in [6.07, 6.45) is 0. The third-order valence-corrected chi connectivity index (χ3v) is 6.04. The number of sulfone groups is 1. The van der Waals surface area contributed by atoms with E-state index >= 15 is 0 Å². The van der Waals surface area contributed by atoms with Gasteiger partial charge in [0.1, 0.15) is 11.5 Å². The lowest BCUT2D eigenvalue weighted by Crippen LogP contribution is -2.11. The topological polar surface area (TPSA) is 69.7 Å². The number of hydrogen-bond acceptors (Lipinski definition) is 5. The van der Waals surface area contributed by atoms with Crippen LogP contribution in [0.1, 0.15) is 21.5 Å². The molecule has 0 radical (unpaired) electrons. The standard InChI is InChI=1S/C22H20O5S/c1-26-18-10-12-20(13-11-18)28(24,25)15-17-8-9-19(27-2)14-21(17)22(23)16-6-4-3-5-7-16/h3-14H,15H2,1-2H3. The normalized spacial score (nSPS) is 11.1. The first kappa shape index (κ1) is 19.6. The van der Waals surface area contributed by atoms with Crippen LogP contribution < -0.4 is 9.47 Å². The van der Waals surface area contributed by atoms with Crippen molar-refractivity contribution in [3.05, 3.63) is 89.5 Å². The molecule has 0 heterocycles. The van der Waals surface area contributed by atoms with Gasteiger partial charge in [0.2, 0.25) is 0 Å². The van der Waals surface area contributed by atoms with Crippen molar-refractivity contribution >= 4 is 15.6 Å². The number of benzene rings is 3. The summed E-state index contributed by atoms with van der Waals surface area (Å²) in [4.78, 5) is 13.1. The van der Waals surface area contributed by atoms with Gasteiger partial charge in [-0.05, 0) is 42.0 Å². The average molecular weight is 396 g/mol. The smallest absolute Gasteiger partial charge is 0.193 e. The van der Waals surface area contributed by atoms with Crippen LogP contribution in [0.5, 0.6) is 11.5 Å². The maximum atomic E-state index is 13.0. The third kappa shape index (κ3) is 4.23. The van der Waals surface area contributed by atoms with Gasteiger partial charge in [0.05, 0.1) is 24.9 Å². The van der Waals surface area contributed by atoms with E-state index in [-0.39, 0.29) is 16.4 Å². The minimum Gasteiger partial charge on any atom is -0.497 e. The Hall–Kier alpha value is -3.12. The van der Waals surface area contributed by atoms with Gasteiger partial charge in [-0.3, -0.25) is 4.79 Å². The molecule has 0 aliphatic rings. The Morgan fingerprint density at radius 1 is 0.821 bits per heavy atom. The highest BCUT2D eigenvalue weighted by Gasteiger charge is 2.21. The van der Waals surface area contributed by atoms with Gasteiger partial charge in [0, 0.05) is 11.1 Å². The molecule has 3 aromatic rings. The molecule has 0 spiro atoms. The van der Waals surface area contributed by atoms with Gasteiger partial charge in [0.15, 0.2) is 15.6 Å². The number of carbonyl (C=O) groups is 1. The van der Waals surface area contributed by atoms with E-state index in [2.05, 4.69) is 0 Å². The van der Waals surface area contributed by atoms with Crippen LogP contribution >= 0.6 is 0 Å². The molecular weight excluding hydrogens is 376 g/mol. The second-order valence-electron chi connectivity index (χ2n) is 6.15. The van der Waals surface area contributed by atoms with Crippen molar-refractivity contribution in [3.8, 4) is 11.5 Å². The van der Waals surface area contributed by atoms with Crippen molar-refractivity contribution in [3.63, 3.8) is 0 Å². The summed E-state index contributed by atoms with van der Waals surface area (Å²) in [5, 5.41) is 0. The lowest BCUT2D eigenvalue weighted by atomic mass is 9.99. The summed E-state index contributed by atoms with van der Waals surface area (Å²) in [6.45, 7) is 0. The van der Waals surface area contributed by atoms with Gasteiger partial charge in [0.25, 0.3) is 0 Å². The molecule has 0 aromatic heterocycles. The fourth-order valence-electron chi connectivity index (χ4n) is 2.84. The number of rotatable bonds is 7. The highest BCUT2D eigenvalue weighted by molar-refractivity contribution is 7.90. The van der Waals surface area contributed by atoms with Crippen LogP contribution in [0.2, 0.25) is 0 Å². The Morgan fingerprint density at radius 3 is 2.04 bits per heavy atom. The van der Waals surface area contributed by atoms with Gasteiger partial charge < -0.3 is 9.47 Å². The van der Waals surface area contributed by atoms with Crippen molar-refractivity contribution in [2.45, 2.75) is 10.6 Å². The molecule has 5 nitrogen and oxygen atoms in total. The second-order valence-corrected chi connectivity index (χ2v) is 8.14. The van der Waals surface area contributed by atoms with Crippen molar-refractivity contribution in [1.29, 1.82) is 0 Å². The van der Waals surface area contributed by atoms with Crippen LogP contribution in [0.4, 0.5) is 0 Å². The maximum Gasteiger partial charge on any atom is 0.193 e. The molecule has 3 aromatic carbocycles. The molecule has 0 unspecified atom stereocenters. The number of carbonyl (C=O) groups excluding carboxylic acids is 1. The summed E-state index contributed by atoms with van der Waals surface area (Å²) >= 11 is 0. The van der Waals surface area contributed by atoms with Gasteiger partial charge in [-0.1, -0.05) is 36.4 Å². The van der Waals surface area contributed by atoms with Crippen LogP contribution in [-0.4, -0.2) is 28.4 Å². The molecule has 0 aliphatic carbocycles. The predicted octanol–water partition coefficient (Wildman–Crippen LogP) is 3.91. The largest absolute Gasteiger partial charge is 0.497 e. The fourth-order valence-corrected chi connectivity index (χ4v) is 4.21.